The summed E-state index contributed by atoms with van der Waals surface area (Å²) in [4.78, 5) is 25.8. The minimum Gasteiger partial charge on any atom is -0.484 e. The van der Waals surface area contributed by atoms with Crippen LogP contribution in [0.3, 0.4) is 0 Å². The number of fused-ring (bicyclic) bond motifs is 1. The van der Waals surface area contributed by atoms with Gasteiger partial charge < -0.3 is 30.3 Å². The standard InChI is InChI=1S/C26H28N6O5/c1-16-6-5-7-17(10-16)11-27-24-22-25(29-14-28-24)32(15-30-22)26-21(23(35)19(12-33)37-26)31-20(34)13-36-18-8-3-2-4-9-18/h2-10,14-15,19,21,23,26,33,35H,11-13H2,1H3,(H,31,34)(H,27,28,29)/t19-,21-,23-,26-/m1/s1. The van der Waals surface area contributed by atoms with Gasteiger partial charge in [0.25, 0.3) is 5.91 Å². The maximum absolute atomic E-state index is 12.7. The number of carbonyl (C=O) groups is 1. The summed E-state index contributed by atoms with van der Waals surface area (Å²) in [6, 6.07) is 16.2. The molecule has 1 amide bonds. The van der Waals surface area contributed by atoms with Gasteiger partial charge in [0, 0.05) is 6.54 Å². The summed E-state index contributed by atoms with van der Waals surface area (Å²) in [5.74, 6) is 0.646. The van der Waals surface area contributed by atoms with E-state index in [-0.39, 0.29) is 6.61 Å². The fraction of sp³-hybridized carbons (Fsp3) is 0.308. The molecule has 37 heavy (non-hydrogen) atoms. The molecule has 4 atom stereocenters. The number of amides is 1. The van der Waals surface area contributed by atoms with Crippen LogP contribution in [0.25, 0.3) is 11.2 Å². The van der Waals surface area contributed by atoms with Crippen molar-refractivity contribution in [2.45, 2.75) is 37.9 Å². The van der Waals surface area contributed by atoms with Crippen LogP contribution in [-0.2, 0) is 16.1 Å². The van der Waals surface area contributed by atoms with Gasteiger partial charge in [-0.1, -0.05) is 48.0 Å². The van der Waals surface area contributed by atoms with E-state index >= 15 is 0 Å². The highest BCUT2D eigenvalue weighted by Gasteiger charge is 2.45. The predicted molar refractivity (Wildman–Crippen MR) is 135 cm³/mol. The molecule has 4 N–H and O–H groups in total. The van der Waals surface area contributed by atoms with Gasteiger partial charge in [0.15, 0.2) is 29.8 Å². The molecule has 1 aliphatic heterocycles. The number of aliphatic hydroxyl groups is 2. The first-order valence-electron chi connectivity index (χ1n) is 11.9. The second-order valence-electron chi connectivity index (χ2n) is 8.82. The first-order chi connectivity index (χ1) is 18.0. The molecule has 192 valence electrons. The van der Waals surface area contributed by atoms with E-state index in [4.69, 9.17) is 9.47 Å². The number of rotatable bonds is 9. The van der Waals surface area contributed by atoms with E-state index in [0.29, 0.717) is 29.3 Å². The van der Waals surface area contributed by atoms with E-state index in [1.54, 1.807) is 28.8 Å². The summed E-state index contributed by atoms with van der Waals surface area (Å²) < 4.78 is 13.1. The molecule has 11 heteroatoms. The molecule has 1 saturated heterocycles. The maximum atomic E-state index is 12.7. The Bertz CT molecular complexity index is 1360. The Balaban J connectivity index is 1.34. The molecule has 0 unspecified atom stereocenters. The molecule has 2 aromatic carbocycles. The van der Waals surface area contributed by atoms with Crippen molar-refractivity contribution in [2.24, 2.45) is 0 Å². The van der Waals surface area contributed by atoms with Gasteiger partial charge in [0.2, 0.25) is 0 Å². The maximum Gasteiger partial charge on any atom is 0.258 e. The molecular weight excluding hydrogens is 476 g/mol. The number of aromatic nitrogens is 4. The minimum atomic E-state index is -1.16. The van der Waals surface area contributed by atoms with E-state index in [1.165, 1.54) is 12.7 Å². The number of aliphatic hydroxyl groups excluding tert-OH is 2. The van der Waals surface area contributed by atoms with Gasteiger partial charge in [-0.25, -0.2) is 15.0 Å². The number of imidazole rings is 1. The number of carbonyl (C=O) groups excluding carboxylic acids is 1. The highest BCUT2D eigenvalue weighted by molar-refractivity contribution is 5.83. The third-order valence-electron chi connectivity index (χ3n) is 6.17. The lowest BCUT2D eigenvalue weighted by Crippen LogP contribution is -2.48. The van der Waals surface area contributed by atoms with Gasteiger partial charge in [-0.05, 0) is 24.6 Å². The van der Waals surface area contributed by atoms with Crippen molar-refractivity contribution in [3.63, 3.8) is 0 Å². The molecule has 3 heterocycles. The normalized spacial score (nSPS) is 21.2. The highest BCUT2D eigenvalue weighted by Crippen LogP contribution is 2.32. The number of nitrogens with zero attached hydrogens (tertiary/aromatic N) is 4. The van der Waals surface area contributed by atoms with Crippen LogP contribution in [0, 0.1) is 6.92 Å². The lowest BCUT2D eigenvalue weighted by molar-refractivity contribution is -0.125. The molecule has 4 aromatic rings. The molecule has 1 fully saturated rings. The average Bonchev–Trinajstić information content (AvgIpc) is 3.48. The molecule has 0 bridgehead atoms. The summed E-state index contributed by atoms with van der Waals surface area (Å²) in [5, 5.41) is 26.6. The van der Waals surface area contributed by atoms with Crippen molar-refractivity contribution in [3.8, 4) is 5.75 Å². The van der Waals surface area contributed by atoms with E-state index in [0.717, 1.165) is 11.1 Å². The number of hydrogen-bond acceptors (Lipinski definition) is 9. The van der Waals surface area contributed by atoms with Crippen molar-refractivity contribution in [3.05, 3.63) is 78.4 Å². The fourth-order valence-electron chi connectivity index (χ4n) is 4.36. The molecule has 11 nitrogen and oxygen atoms in total. The summed E-state index contributed by atoms with van der Waals surface area (Å²) in [7, 11) is 0. The first kappa shape index (κ1) is 24.6. The van der Waals surface area contributed by atoms with Gasteiger partial charge >= 0.3 is 0 Å². The number of nitrogens with one attached hydrogen (secondary N) is 2. The average molecular weight is 505 g/mol. The molecule has 0 spiro atoms. The number of hydrogen-bond donors (Lipinski definition) is 4. The molecule has 1 aliphatic rings. The van der Waals surface area contributed by atoms with Crippen molar-refractivity contribution in [1.29, 1.82) is 0 Å². The van der Waals surface area contributed by atoms with Crippen molar-refractivity contribution >= 4 is 22.9 Å². The van der Waals surface area contributed by atoms with Crippen molar-refractivity contribution in [2.75, 3.05) is 18.5 Å². The molecule has 5 rings (SSSR count). The predicted octanol–water partition coefficient (Wildman–Crippen LogP) is 1.56. The van der Waals surface area contributed by atoms with E-state index in [2.05, 4.69) is 31.7 Å². The van der Waals surface area contributed by atoms with Crippen molar-refractivity contribution < 1.29 is 24.5 Å². The summed E-state index contributed by atoms with van der Waals surface area (Å²) in [6.45, 7) is 1.91. The third kappa shape index (κ3) is 5.38. The Labute approximate surface area is 213 Å². The van der Waals surface area contributed by atoms with Crippen LogP contribution in [0.5, 0.6) is 5.75 Å². The fourth-order valence-corrected chi connectivity index (χ4v) is 4.36. The number of anilines is 1. The summed E-state index contributed by atoms with van der Waals surface area (Å²) >= 11 is 0. The van der Waals surface area contributed by atoms with Crippen LogP contribution in [0.1, 0.15) is 17.4 Å². The Morgan fingerprint density at radius 3 is 2.76 bits per heavy atom. The van der Waals surface area contributed by atoms with Gasteiger partial charge in [-0.15, -0.1) is 0 Å². The quantitative estimate of drug-likeness (QED) is 0.267. The lowest BCUT2D eigenvalue weighted by atomic mass is 10.1. The zero-order valence-corrected chi connectivity index (χ0v) is 20.2. The topological polar surface area (TPSA) is 144 Å². The number of ether oxygens (including phenoxy) is 2. The lowest BCUT2D eigenvalue weighted by Gasteiger charge is -2.23. The van der Waals surface area contributed by atoms with Crippen LogP contribution in [0.2, 0.25) is 0 Å². The highest BCUT2D eigenvalue weighted by atomic mass is 16.5. The van der Waals surface area contributed by atoms with Gasteiger partial charge in [-0.3, -0.25) is 9.36 Å². The molecule has 0 aliphatic carbocycles. The van der Waals surface area contributed by atoms with Crippen LogP contribution >= 0.6 is 0 Å². The molecular formula is C26H28N6O5. The third-order valence-corrected chi connectivity index (χ3v) is 6.17. The zero-order chi connectivity index (χ0) is 25.8. The van der Waals surface area contributed by atoms with Gasteiger partial charge in [0.05, 0.1) is 12.9 Å². The molecule has 0 saturated carbocycles. The smallest absolute Gasteiger partial charge is 0.258 e. The first-order valence-corrected chi connectivity index (χ1v) is 11.9. The van der Waals surface area contributed by atoms with Crippen molar-refractivity contribution in [1.82, 2.24) is 24.8 Å². The Morgan fingerprint density at radius 1 is 1.14 bits per heavy atom. The van der Waals surface area contributed by atoms with Crippen LogP contribution in [-0.4, -0.2) is 67.1 Å². The monoisotopic (exact) mass is 504 g/mol. The minimum absolute atomic E-state index is 0.246. The Kier molecular flexibility index (Phi) is 7.26. The Hall–Kier alpha value is -4.06. The SMILES string of the molecule is Cc1cccc(CNc2ncnc3c2ncn3[C@@H]2O[C@H](CO)[C@@H](O)[C@H]2NC(=O)COc2ccccc2)c1. The van der Waals surface area contributed by atoms with Gasteiger partial charge in [-0.2, -0.15) is 0 Å². The Morgan fingerprint density at radius 2 is 1.97 bits per heavy atom. The van der Waals surface area contributed by atoms with Crippen LogP contribution in [0.4, 0.5) is 5.82 Å². The summed E-state index contributed by atoms with van der Waals surface area (Å²) in [6.07, 6.45) is 0.0123. The largest absolute Gasteiger partial charge is 0.484 e. The second-order valence-corrected chi connectivity index (χ2v) is 8.82. The number of para-hydroxylation sites is 1. The number of benzene rings is 2. The van der Waals surface area contributed by atoms with E-state index < -0.39 is 37.0 Å². The van der Waals surface area contributed by atoms with E-state index in [9.17, 15) is 15.0 Å². The van der Waals surface area contributed by atoms with E-state index in [1.807, 2.05) is 31.2 Å². The zero-order valence-electron chi connectivity index (χ0n) is 20.2. The van der Waals surface area contributed by atoms with Crippen LogP contribution in [0.15, 0.2) is 67.3 Å². The molecule has 0 radical (unpaired) electrons. The van der Waals surface area contributed by atoms with Crippen LogP contribution < -0.4 is 15.4 Å². The van der Waals surface area contributed by atoms with Gasteiger partial charge in [0.1, 0.15) is 30.3 Å². The second kappa shape index (κ2) is 10.9. The molecule has 2 aromatic heterocycles. The summed E-state index contributed by atoms with van der Waals surface area (Å²) in [5.41, 5.74) is 3.23. The number of aryl methyl sites for hydroxylation is 1.